The first-order valence-electron chi connectivity index (χ1n) is 9.06. The number of carbonyl (C=O) groups excluding carboxylic acids is 3. The highest BCUT2D eigenvalue weighted by molar-refractivity contribution is 7.14. The van der Waals surface area contributed by atoms with Gasteiger partial charge in [-0.2, -0.15) is 0 Å². The topological polar surface area (TPSA) is 91.1 Å². The molecular weight excluding hydrogens is 362 g/mol. The fourth-order valence-corrected chi connectivity index (χ4v) is 4.45. The van der Waals surface area contributed by atoms with Crippen molar-refractivity contribution in [1.82, 2.24) is 15.8 Å². The van der Waals surface area contributed by atoms with E-state index in [4.69, 9.17) is 0 Å². The number of rotatable bonds is 3. The molecule has 3 N–H and O–H groups in total. The largest absolute Gasteiger partial charge is 0.356 e. The molecule has 2 aromatic heterocycles. The Balaban J connectivity index is 1.61. The van der Waals surface area contributed by atoms with E-state index in [2.05, 4.69) is 36.6 Å². The van der Waals surface area contributed by atoms with E-state index >= 15 is 0 Å². The number of aryl methyl sites for hydroxylation is 1. The van der Waals surface area contributed by atoms with E-state index in [0.29, 0.717) is 16.4 Å². The molecule has 2 amide bonds. The van der Waals surface area contributed by atoms with Crippen LogP contribution in [0.1, 0.15) is 75.1 Å². The van der Waals surface area contributed by atoms with Crippen molar-refractivity contribution < 1.29 is 14.4 Å². The lowest BCUT2D eigenvalue weighted by Crippen LogP contribution is -2.41. The normalized spacial score (nSPS) is 16.5. The first kappa shape index (κ1) is 19.4. The molecule has 0 aromatic carbocycles. The van der Waals surface area contributed by atoms with Gasteiger partial charge in [0.25, 0.3) is 11.8 Å². The van der Waals surface area contributed by atoms with Gasteiger partial charge in [0.05, 0.1) is 4.88 Å². The number of amides is 2. The van der Waals surface area contributed by atoms with Gasteiger partial charge in [-0.1, -0.05) is 20.8 Å². The summed E-state index contributed by atoms with van der Waals surface area (Å²) >= 11 is 1.50. The van der Waals surface area contributed by atoms with Crippen LogP contribution >= 0.6 is 11.3 Å². The van der Waals surface area contributed by atoms with Gasteiger partial charge in [0, 0.05) is 16.6 Å². The second-order valence-corrected chi connectivity index (χ2v) is 9.27. The summed E-state index contributed by atoms with van der Waals surface area (Å²) in [7, 11) is 0. The van der Waals surface area contributed by atoms with Crippen molar-refractivity contribution in [2.45, 2.75) is 47.0 Å². The number of nitrogens with one attached hydrogen (secondary N) is 3. The van der Waals surface area contributed by atoms with Crippen LogP contribution < -0.4 is 10.9 Å². The zero-order chi connectivity index (χ0) is 19.8. The SMILES string of the molecule is CC(=O)c1c[nH]c(C(=O)NNC(=O)c2cc3c(s2)CCC(C(C)(C)C)C3)c1. The highest BCUT2D eigenvalue weighted by Gasteiger charge is 2.30. The highest BCUT2D eigenvalue weighted by Crippen LogP contribution is 2.40. The first-order valence-corrected chi connectivity index (χ1v) is 9.88. The molecule has 6 nitrogen and oxygen atoms in total. The van der Waals surface area contributed by atoms with E-state index in [1.54, 1.807) is 0 Å². The Hall–Kier alpha value is -2.41. The Kier molecular flexibility index (Phi) is 5.24. The van der Waals surface area contributed by atoms with Crippen LogP contribution in [0, 0.1) is 11.3 Å². The second-order valence-electron chi connectivity index (χ2n) is 8.13. The maximum absolute atomic E-state index is 12.4. The fraction of sp³-hybridized carbons (Fsp3) is 0.450. The van der Waals surface area contributed by atoms with E-state index in [0.717, 1.165) is 19.3 Å². The van der Waals surface area contributed by atoms with Crippen LogP contribution in [0.15, 0.2) is 18.3 Å². The lowest BCUT2D eigenvalue weighted by atomic mass is 9.72. The standard InChI is InChI=1S/C20H25N3O3S/c1-11(24)13-8-15(21-10-13)18(25)22-23-19(26)17-9-12-7-14(20(2,3)4)5-6-16(12)27-17/h8-10,14,21H,5-7H2,1-4H3,(H,22,25)(H,23,26). The van der Waals surface area contributed by atoms with Gasteiger partial charge in [0.2, 0.25) is 0 Å². The van der Waals surface area contributed by atoms with Gasteiger partial charge in [-0.3, -0.25) is 25.2 Å². The van der Waals surface area contributed by atoms with Gasteiger partial charge in [-0.25, -0.2) is 0 Å². The van der Waals surface area contributed by atoms with E-state index < -0.39 is 5.91 Å². The maximum Gasteiger partial charge on any atom is 0.286 e. The number of aromatic amines is 1. The van der Waals surface area contributed by atoms with Gasteiger partial charge in [0.15, 0.2) is 5.78 Å². The summed E-state index contributed by atoms with van der Waals surface area (Å²) in [5.41, 5.74) is 6.99. The molecule has 3 rings (SSSR count). The summed E-state index contributed by atoms with van der Waals surface area (Å²) in [6.45, 7) is 8.21. The zero-order valence-electron chi connectivity index (χ0n) is 16.1. The van der Waals surface area contributed by atoms with Gasteiger partial charge in [-0.05, 0) is 55.2 Å². The first-order chi connectivity index (χ1) is 12.6. The number of hydrogen-bond acceptors (Lipinski definition) is 4. The van der Waals surface area contributed by atoms with Crippen molar-refractivity contribution in [3.63, 3.8) is 0 Å². The molecule has 0 bridgehead atoms. The molecule has 1 aliphatic rings. The molecule has 2 aromatic rings. The number of aromatic nitrogens is 1. The van der Waals surface area contributed by atoms with Gasteiger partial charge in [0.1, 0.15) is 5.69 Å². The van der Waals surface area contributed by atoms with Crippen molar-refractivity contribution in [2.75, 3.05) is 0 Å². The van der Waals surface area contributed by atoms with E-state index in [9.17, 15) is 14.4 Å². The molecule has 1 aliphatic carbocycles. The number of fused-ring (bicyclic) bond motifs is 1. The van der Waals surface area contributed by atoms with Crippen molar-refractivity contribution in [3.05, 3.63) is 44.9 Å². The number of carbonyl (C=O) groups is 3. The Morgan fingerprint density at radius 2 is 1.85 bits per heavy atom. The number of hydrazine groups is 1. The van der Waals surface area contributed by atoms with E-state index in [1.165, 1.54) is 41.0 Å². The average Bonchev–Trinajstić information content (AvgIpc) is 3.24. The van der Waals surface area contributed by atoms with E-state index in [1.807, 2.05) is 6.07 Å². The summed E-state index contributed by atoms with van der Waals surface area (Å²) in [6, 6.07) is 3.40. The maximum atomic E-state index is 12.4. The predicted molar refractivity (Wildman–Crippen MR) is 105 cm³/mol. The summed E-state index contributed by atoms with van der Waals surface area (Å²) < 4.78 is 0. The minimum atomic E-state index is -0.495. The molecule has 0 fully saturated rings. The molecule has 1 unspecified atom stereocenters. The van der Waals surface area contributed by atoms with Crippen LogP contribution in [-0.2, 0) is 12.8 Å². The van der Waals surface area contributed by atoms with Crippen LogP contribution in [-0.4, -0.2) is 22.6 Å². The van der Waals surface area contributed by atoms with Crippen molar-refractivity contribution in [2.24, 2.45) is 11.3 Å². The molecule has 1 atom stereocenters. The molecule has 0 radical (unpaired) electrons. The van der Waals surface area contributed by atoms with Crippen LogP contribution in [0.2, 0.25) is 0 Å². The Bertz CT molecular complexity index is 889. The summed E-state index contributed by atoms with van der Waals surface area (Å²) in [5.74, 6) is -0.344. The Labute approximate surface area is 162 Å². The quantitative estimate of drug-likeness (QED) is 0.556. The Morgan fingerprint density at radius 3 is 2.48 bits per heavy atom. The summed E-state index contributed by atoms with van der Waals surface area (Å²) in [6.07, 6.45) is 4.60. The third-order valence-electron chi connectivity index (χ3n) is 5.16. The molecule has 0 spiro atoms. The van der Waals surface area contributed by atoms with Gasteiger partial charge >= 0.3 is 0 Å². The molecule has 27 heavy (non-hydrogen) atoms. The minimum absolute atomic E-state index is 0.132. The third kappa shape index (κ3) is 4.30. The van der Waals surface area contributed by atoms with Gasteiger partial charge in [-0.15, -0.1) is 11.3 Å². The number of H-pyrrole nitrogens is 1. The molecule has 144 valence electrons. The number of Topliss-reactive ketones (excluding diaryl/α,β-unsaturated/α-hetero) is 1. The van der Waals surface area contributed by atoms with Crippen LogP contribution in [0.5, 0.6) is 0 Å². The van der Waals surface area contributed by atoms with Gasteiger partial charge < -0.3 is 4.98 Å². The zero-order valence-corrected chi connectivity index (χ0v) is 16.9. The number of hydrogen-bond donors (Lipinski definition) is 3. The molecule has 0 saturated heterocycles. The molecule has 7 heteroatoms. The molecular formula is C20H25N3O3S. The van der Waals surface area contributed by atoms with Crippen molar-refractivity contribution in [3.8, 4) is 0 Å². The Morgan fingerprint density at radius 1 is 1.15 bits per heavy atom. The fourth-order valence-electron chi connectivity index (χ4n) is 3.35. The number of ketones is 1. The summed E-state index contributed by atoms with van der Waals surface area (Å²) in [5, 5.41) is 0. The highest BCUT2D eigenvalue weighted by atomic mass is 32.1. The lowest BCUT2D eigenvalue weighted by Gasteiger charge is -2.33. The third-order valence-corrected chi connectivity index (χ3v) is 6.39. The average molecular weight is 388 g/mol. The van der Waals surface area contributed by atoms with Crippen molar-refractivity contribution >= 4 is 28.9 Å². The smallest absolute Gasteiger partial charge is 0.286 e. The molecule has 0 saturated carbocycles. The molecule has 0 aliphatic heterocycles. The van der Waals surface area contributed by atoms with Crippen LogP contribution in [0.25, 0.3) is 0 Å². The minimum Gasteiger partial charge on any atom is -0.356 e. The lowest BCUT2D eigenvalue weighted by molar-refractivity contribution is 0.0846. The predicted octanol–water partition coefficient (Wildman–Crippen LogP) is 3.50. The summed E-state index contributed by atoms with van der Waals surface area (Å²) in [4.78, 5) is 40.4. The van der Waals surface area contributed by atoms with Crippen molar-refractivity contribution in [1.29, 1.82) is 0 Å². The van der Waals surface area contributed by atoms with Crippen LogP contribution in [0.4, 0.5) is 0 Å². The second kappa shape index (κ2) is 7.31. The molecule has 2 heterocycles. The van der Waals surface area contributed by atoms with E-state index in [-0.39, 0.29) is 22.8 Å². The number of thiophene rings is 1. The monoisotopic (exact) mass is 387 g/mol. The van der Waals surface area contributed by atoms with Crippen LogP contribution in [0.3, 0.4) is 0 Å².